The first-order valence-corrected chi connectivity index (χ1v) is 7.91. The normalized spacial score (nSPS) is 14.8. The molecule has 0 spiro atoms. The Kier molecular flexibility index (Phi) is 5.35. The van der Waals surface area contributed by atoms with Crippen LogP contribution in [0.15, 0.2) is 6.20 Å². The smallest absolute Gasteiger partial charge is 0.225 e. The number of nitrogens with zero attached hydrogens (tertiary/aromatic N) is 3. The zero-order valence-corrected chi connectivity index (χ0v) is 13.3. The molecule has 0 amide bonds. The molecule has 0 radical (unpaired) electrons. The molecular weight excluding hydrogens is 248 g/mol. The second kappa shape index (κ2) is 7.02. The summed E-state index contributed by atoms with van der Waals surface area (Å²) in [6.07, 6.45) is 5.87. The SMILES string of the molecule is CCCN(CC1CC1)c1ncc(CNC(C)C)c(C)n1. The van der Waals surface area contributed by atoms with Crippen molar-refractivity contribution in [3.63, 3.8) is 0 Å². The van der Waals surface area contributed by atoms with E-state index in [1.165, 1.54) is 18.4 Å². The van der Waals surface area contributed by atoms with Crippen molar-refractivity contribution in [1.82, 2.24) is 15.3 Å². The Morgan fingerprint density at radius 3 is 2.70 bits per heavy atom. The van der Waals surface area contributed by atoms with Crippen LogP contribution < -0.4 is 10.2 Å². The quantitative estimate of drug-likeness (QED) is 0.792. The third-order valence-electron chi connectivity index (χ3n) is 3.72. The summed E-state index contributed by atoms with van der Waals surface area (Å²) in [6.45, 7) is 11.6. The van der Waals surface area contributed by atoms with Crippen LogP contribution in [0.1, 0.15) is 51.3 Å². The summed E-state index contributed by atoms with van der Waals surface area (Å²) in [5.41, 5.74) is 2.30. The molecule has 1 N–H and O–H groups in total. The second-order valence-corrected chi connectivity index (χ2v) is 6.21. The largest absolute Gasteiger partial charge is 0.341 e. The Morgan fingerprint density at radius 1 is 1.40 bits per heavy atom. The first kappa shape index (κ1) is 15.2. The molecule has 1 aliphatic carbocycles. The first-order chi connectivity index (χ1) is 9.60. The van der Waals surface area contributed by atoms with Gasteiger partial charge in [0.2, 0.25) is 5.95 Å². The average molecular weight is 276 g/mol. The predicted octanol–water partition coefficient (Wildman–Crippen LogP) is 2.91. The lowest BCUT2D eigenvalue weighted by molar-refractivity contribution is 0.584. The molecule has 2 rings (SSSR count). The number of hydrogen-bond acceptors (Lipinski definition) is 4. The molecule has 1 aromatic heterocycles. The van der Waals surface area contributed by atoms with E-state index in [0.29, 0.717) is 6.04 Å². The number of rotatable bonds is 8. The zero-order valence-electron chi connectivity index (χ0n) is 13.3. The molecule has 1 heterocycles. The van der Waals surface area contributed by atoms with Gasteiger partial charge in [-0.1, -0.05) is 20.8 Å². The topological polar surface area (TPSA) is 41.1 Å². The van der Waals surface area contributed by atoms with Gasteiger partial charge in [0.25, 0.3) is 0 Å². The van der Waals surface area contributed by atoms with Crippen LogP contribution in [-0.2, 0) is 6.54 Å². The van der Waals surface area contributed by atoms with Crippen LogP contribution in [0.3, 0.4) is 0 Å². The monoisotopic (exact) mass is 276 g/mol. The molecule has 0 aliphatic heterocycles. The first-order valence-electron chi connectivity index (χ1n) is 7.91. The van der Waals surface area contributed by atoms with Crippen LogP contribution in [0.25, 0.3) is 0 Å². The van der Waals surface area contributed by atoms with Gasteiger partial charge in [-0.25, -0.2) is 9.97 Å². The minimum atomic E-state index is 0.487. The molecule has 112 valence electrons. The summed E-state index contributed by atoms with van der Waals surface area (Å²) in [7, 11) is 0. The summed E-state index contributed by atoms with van der Waals surface area (Å²) in [6, 6.07) is 0.487. The Bertz CT molecular complexity index is 426. The molecule has 1 fully saturated rings. The fourth-order valence-corrected chi connectivity index (χ4v) is 2.27. The van der Waals surface area contributed by atoms with Gasteiger partial charge in [-0.3, -0.25) is 0 Å². The van der Waals surface area contributed by atoms with Crippen LogP contribution >= 0.6 is 0 Å². The molecule has 20 heavy (non-hydrogen) atoms. The summed E-state index contributed by atoms with van der Waals surface area (Å²) < 4.78 is 0. The number of aryl methyl sites for hydroxylation is 1. The lowest BCUT2D eigenvalue weighted by atomic mass is 10.2. The van der Waals surface area contributed by atoms with Gasteiger partial charge in [-0.2, -0.15) is 0 Å². The van der Waals surface area contributed by atoms with E-state index in [1.54, 1.807) is 0 Å². The second-order valence-electron chi connectivity index (χ2n) is 6.21. The molecule has 0 atom stereocenters. The van der Waals surface area contributed by atoms with Gasteiger partial charge in [0.15, 0.2) is 0 Å². The van der Waals surface area contributed by atoms with Crippen molar-refractivity contribution in [1.29, 1.82) is 0 Å². The van der Waals surface area contributed by atoms with E-state index in [-0.39, 0.29) is 0 Å². The molecule has 1 saturated carbocycles. The predicted molar refractivity (Wildman–Crippen MR) is 84.0 cm³/mol. The van der Waals surface area contributed by atoms with Gasteiger partial charge in [0.05, 0.1) is 0 Å². The summed E-state index contributed by atoms with van der Waals surface area (Å²) in [5.74, 6) is 1.78. The molecule has 4 heteroatoms. The minimum Gasteiger partial charge on any atom is -0.341 e. The van der Waals surface area contributed by atoms with Gasteiger partial charge >= 0.3 is 0 Å². The van der Waals surface area contributed by atoms with Gasteiger partial charge in [0, 0.05) is 43.1 Å². The molecule has 1 aliphatic rings. The minimum absolute atomic E-state index is 0.487. The highest BCUT2D eigenvalue weighted by Crippen LogP contribution is 2.30. The third-order valence-corrected chi connectivity index (χ3v) is 3.72. The highest BCUT2D eigenvalue weighted by atomic mass is 15.2. The Hall–Kier alpha value is -1.16. The van der Waals surface area contributed by atoms with Gasteiger partial charge in [-0.05, 0) is 32.1 Å². The van der Waals surface area contributed by atoms with Crippen LogP contribution in [0.2, 0.25) is 0 Å². The lowest BCUT2D eigenvalue weighted by Crippen LogP contribution is -2.29. The Balaban J connectivity index is 2.04. The van der Waals surface area contributed by atoms with Crippen LogP contribution in [0.4, 0.5) is 5.95 Å². The van der Waals surface area contributed by atoms with E-state index in [4.69, 9.17) is 4.98 Å². The highest BCUT2D eigenvalue weighted by Gasteiger charge is 2.25. The average Bonchev–Trinajstić information content (AvgIpc) is 3.20. The molecular formula is C16H28N4. The molecule has 1 aromatic rings. The lowest BCUT2D eigenvalue weighted by Gasteiger charge is -2.22. The fourth-order valence-electron chi connectivity index (χ4n) is 2.27. The fraction of sp³-hybridized carbons (Fsp3) is 0.750. The van der Waals surface area contributed by atoms with Crippen LogP contribution in [-0.4, -0.2) is 29.1 Å². The van der Waals surface area contributed by atoms with E-state index in [1.807, 2.05) is 6.20 Å². The highest BCUT2D eigenvalue weighted by molar-refractivity contribution is 5.33. The van der Waals surface area contributed by atoms with Gasteiger partial charge in [-0.15, -0.1) is 0 Å². The van der Waals surface area contributed by atoms with Crippen molar-refractivity contribution in [2.75, 3.05) is 18.0 Å². The van der Waals surface area contributed by atoms with E-state index in [9.17, 15) is 0 Å². The summed E-state index contributed by atoms with van der Waals surface area (Å²) in [5, 5.41) is 3.43. The van der Waals surface area contributed by atoms with Crippen molar-refractivity contribution in [3.8, 4) is 0 Å². The molecule has 0 unspecified atom stereocenters. The van der Waals surface area contributed by atoms with Gasteiger partial charge < -0.3 is 10.2 Å². The van der Waals surface area contributed by atoms with Crippen LogP contribution in [0, 0.1) is 12.8 Å². The maximum atomic E-state index is 4.73. The number of nitrogens with one attached hydrogen (secondary N) is 1. The standard InChI is InChI=1S/C16H28N4/c1-5-8-20(11-14-6-7-14)16-18-10-15(13(4)19-16)9-17-12(2)3/h10,12,14,17H,5-9,11H2,1-4H3. The molecule has 4 nitrogen and oxygen atoms in total. The third kappa shape index (κ3) is 4.44. The van der Waals surface area contributed by atoms with E-state index in [0.717, 1.165) is 43.6 Å². The molecule has 0 bridgehead atoms. The van der Waals surface area contributed by atoms with Crippen LogP contribution in [0.5, 0.6) is 0 Å². The summed E-state index contributed by atoms with van der Waals surface area (Å²) >= 11 is 0. The number of anilines is 1. The molecule has 0 saturated heterocycles. The van der Waals surface area contributed by atoms with Crippen molar-refractivity contribution < 1.29 is 0 Å². The number of aromatic nitrogens is 2. The molecule has 0 aromatic carbocycles. The Labute approximate surface area is 123 Å². The van der Waals surface area contributed by atoms with Crippen molar-refractivity contribution in [3.05, 3.63) is 17.5 Å². The van der Waals surface area contributed by atoms with Crippen molar-refractivity contribution in [2.45, 2.75) is 59.5 Å². The Morgan fingerprint density at radius 2 is 2.15 bits per heavy atom. The maximum absolute atomic E-state index is 4.73. The maximum Gasteiger partial charge on any atom is 0.225 e. The number of hydrogen-bond donors (Lipinski definition) is 1. The van der Waals surface area contributed by atoms with Gasteiger partial charge in [0.1, 0.15) is 0 Å². The van der Waals surface area contributed by atoms with Crippen molar-refractivity contribution >= 4 is 5.95 Å². The van der Waals surface area contributed by atoms with E-state index in [2.05, 4.69) is 42.9 Å². The summed E-state index contributed by atoms with van der Waals surface area (Å²) in [4.78, 5) is 11.7. The van der Waals surface area contributed by atoms with E-state index < -0.39 is 0 Å². The van der Waals surface area contributed by atoms with Crippen molar-refractivity contribution in [2.24, 2.45) is 5.92 Å². The zero-order chi connectivity index (χ0) is 14.5. The van der Waals surface area contributed by atoms with E-state index >= 15 is 0 Å².